The lowest BCUT2D eigenvalue weighted by Gasteiger charge is -2.00. The van der Waals surface area contributed by atoms with E-state index in [9.17, 15) is 0 Å². The molecular weight excluding hydrogens is 252 g/mol. The maximum Gasteiger partial charge on any atom is 0.173 e. The molecular formula is C11H9ClN6. The molecule has 3 aromatic heterocycles. The summed E-state index contributed by atoms with van der Waals surface area (Å²) in [5.41, 5.74) is 1.63. The van der Waals surface area contributed by atoms with Crippen LogP contribution in [-0.4, -0.2) is 29.5 Å². The molecule has 0 aromatic carbocycles. The number of nitrogens with zero attached hydrogens (tertiary/aromatic N) is 6. The molecule has 3 aromatic rings. The molecule has 6 nitrogen and oxygen atoms in total. The minimum absolute atomic E-state index is 0.478. The van der Waals surface area contributed by atoms with Crippen LogP contribution in [0.4, 0.5) is 0 Å². The van der Waals surface area contributed by atoms with Crippen molar-refractivity contribution in [1.82, 2.24) is 29.5 Å². The Bertz CT molecular complexity index is 672. The topological polar surface area (TPSA) is 61.4 Å². The van der Waals surface area contributed by atoms with Gasteiger partial charge >= 0.3 is 0 Å². The molecule has 18 heavy (non-hydrogen) atoms. The van der Waals surface area contributed by atoms with Crippen molar-refractivity contribution in [2.45, 2.75) is 0 Å². The first-order valence-corrected chi connectivity index (χ1v) is 5.64. The van der Waals surface area contributed by atoms with Crippen molar-refractivity contribution < 1.29 is 0 Å². The SMILES string of the molecule is Cn1nccc1-c1cc(Cl)n(-c2cnccn2)n1. The summed E-state index contributed by atoms with van der Waals surface area (Å²) >= 11 is 6.15. The minimum atomic E-state index is 0.478. The van der Waals surface area contributed by atoms with Gasteiger partial charge in [-0.2, -0.15) is 10.2 Å². The molecule has 0 bridgehead atoms. The van der Waals surface area contributed by atoms with Gasteiger partial charge in [-0.25, -0.2) is 9.67 Å². The van der Waals surface area contributed by atoms with E-state index in [1.165, 1.54) is 4.68 Å². The Morgan fingerprint density at radius 2 is 2.11 bits per heavy atom. The van der Waals surface area contributed by atoms with Gasteiger partial charge in [-0.05, 0) is 6.07 Å². The normalized spacial score (nSPS) is 10.8. The van der Waals surface area contributed by atoms with E-state index in [-0.39, 0.29) is 0 Å². The van der Waals surface area contributed by atoms with E-state index < -0.39 is 0 Å². The van der Waals surface area contributed by atoms with E-state index >= 15 is 0 Å². The molecule has 0 saturated carbocycles. The van der Waals surface area contributed by atoms with E-state index in [2.05, 4.69) is 20.2 Å². The van der Waals surface area contributed by atoms with Gasteiger partial charge in [0.2, 0.25) is 0 Å². The fraction of sp³-hybridized carbons (Fsp3) is 0.0909. The summed E-state index contributed by atoms with van der Waals surface area (Å²) in [6, 6.07) is 3.65. The van der Waals surface area contributed by atoms with Crippen LogP contribution in [0, 0.1) is 0 Å². The van der Waals surface area contributed by atoms with E-state index in [1.54, 1.807) is 35.5 Å². The Balaban J connectivity index is 2.10. The van der Waals surface area contributed by atoms with Gasteiger partial charge in [-0.1, -0.05) is 11.6 Å². The Labute approximate surface area is 108 Å². The van der Waals surface area contributed by atoms with Crippen molar-refractivity contribution in [3.8, 4) is 17.2 Å². The molecule has 0 unspecified atom stereocenters. The zero-order chi connectivity index (χ0) is 12.5. The highest BCUT2D eigenvalue weighted by molar-refractivity contribution is 6.30. The van der Waals surface area contributed by atoms with Crippen LogP contribution in [0.1, 0.15) is 0 Å². The van der Waals surface area contributed by atoms with E-state index in [0.717, 1.165) is 11.4 Å². The Hall–Kier alpha value is -2.21. The Morgan fingerprint density at radius 1 is 1.22 bits per heavy atom. The standard InChI is InChI=1S/C11H9ClN6/c1-17-9(2-3-15-17)8-6-10(12)18(16-8)11-7-13-4-5-14-11/h2-7H,1H3. The van der Waals surface area contributed by atoms with Crippen molar-refractivity contribution in [3.63, 3.8) is 0 Å². The fourth-order valence-electron chi connectivity index (χ4n) is 1.67. The highest BCUT2D eigenvalue weighted by Crippen LogP contribution is 2.22. The van der Waals surface area contributed by atoms with Gasteiger partial charge in [0.05, 0.1) is 11.9 Å². The third-order valence-electron chi connectivity index (χ3n) is 2.52. The predicted octanol–water partition coefficient (Wildman–Crippen LogP) is 1.72. The predicted molar refractivity (Wildman–Crippen MR) is 66.4 cm³/mol. The summed E-state index contributed by atoms with van der Waals surface area (Å²) in [6.07, 6.45) is 6.51. The monoisotopic (exact) mass is 260 g/mol. The Kier molecular flexibility index (Phi) is 2.56. The lowest BCUT2D eigenvalue weighted by Crippen LogP contribution is -2.00. The van der Waals surface area contributed by atoms with Gasteiger partial charge in [-0.15, -0.1) is 0 Å². The third-order valence-corrected chi connectivity index (χ3v) is 2.79. The maximum atomic E-state index is 6.15. The van der Waals surface area contributed by atoms with Crippen molar-refractivity contribution in [2.75, 3.05) is 0 Å². The van der Waals surface area contributed by atoms with Gasteiger partial charge in [0, 0.05) is 31.7 Å². The van der Waals surface area contributed by atoms with Crippen LogP contribution in [-0.2, 0) is 7.05 Å². The third kappa shape index (κ3) is 1.76. The van der Waals surface area contributed by atoms with E-state index in [0.29, 0.717) is 11.0 Å². The summed E-state index contributed by atoms with van der Waals surface area (Å²) in [4.78, 5) is 8.15. The molecule has 0 N–H and O–H groups in total. The molecule has 7 heteroatoms. The molecule has 0 fully saturated rings. The molecule has 0 saturated heterocycles. The largest absolute Gasteiger partial charge is 0.266 e. The average Bonchev–Trinajstić information content (AvgIpc) is 2.96. The first-order valence-electron chi connectivity index (χ1n) is 5.26. The summed E-state index contributed by atoms with van der Waals surface area (Å²) in [5, 5.41) is 8.98. The van der Waals surface area contributed by atoms with Crippen LogP contribution >= 0.6 is 11.6 Å². The molecule has 0 aliphatic carbocycles. The molecule has 0 amide bonds. The van der Waals surface area contributed by atoms with Crippen LogP contribution in [0.2, 0.25) is 5.15 Å². The van der Waals surface area contributed by atoms with Crippen molar-refractivity contribution in [2.24, 2.45) is 7.05 Å². The molecule has 0 spiro atoms. The summed E-state index contributed by atoms with van der Waals surface area (Å²) < 4.78 is 3.27. The smallest absolute Gasteiger partial charge is 0.173 e. The molecule has 90 valence electrons. The zero-order valence-corrected chi connectivity index (χ0v) is 10.3. The molecule has 3 heterocycles. The van der Waals surface area contributed by atoms with Crippen LogP contribution in [0.25, 0.3) is 17.2 Å². The van der Waals surface area contributed by atoms with Gasteiger partial charge in [0.1, 0.15) is 10.8 Å². The number of aryl methyl sites for hydroxylation is 1. The molecule has 3 rings (SSSR count). The average molecular weight is 261 g/mol. The summed E-state index contributed by atoms with van der Waals surface area (Å²) in [7, 11) is 1.85. The quantitative estimate of drug-likeness (QED) is 0.704. The first kappa shape index (κ1) is 10.9. The molecule has 0 aliphatic rings. The van der Waals surface area contributed by atoms with Crippen LogP contribution in [0.15, 0.2) is 36.9 Å². The summed E-state index contributed by atoms with van der Waals surface area (Å²) in [6.45, 7) is 0. The van der Waals surface area contributed by atoms with E-state index in [1.807, 2.05) is 13.1 Å². The zero-order valence-electron chi connectivity index (χ0n) is 9.53. The van der Waals surface area contributed by atoms with Gasteiger partial charge < -0.3 is 0 Å². The van der Waals surface area contributed by atoms with Gasteiger partial charge in [0.15, 0.2) is 5.82 Å². The minimum Gasteiger partial charge on any atom is -0.266 e. The van der Waals surface area contributed by atoms with E-state index in [4.69, 9.17) is 11.6 Å². The second kappa shape index (κ2) is 4.23. The van der Waals surface area contributed by atoms with Crippen molar-refractivity contribution in [3.05, 3.63) is 42.1 Å². The molecule has 0 radical (unpaired) electrons. The van der Waals surface area contributed by atoms with Crippen molar-refractivity contribution in [1.29, 1.82) is 0 Å². The lowest BCUT2D eigenvalue weighted by atomic mass is 10.3. The number of hydrogen-bond acceptors (Lipinski definition) is 4. The van der Waals surface area contributed by atoms with Crippen LogP contribution < -0.4 is 0 Å². The summed E-state index contributed by atoms with van der Waals surface area (Å²) in [5.74, 6) is 0.580. The molecule has 0 atom stereocenters. The second-order valence-electron chi connectivity index (χ2n) is 3.67. The number of halogens is 1. The fourth-order valence-corrected chi connectivity index (χ4v) is 1.90. The van der Waals surface area contributed by atoms with Crippen LogP contribution in [0.5, 0.6) is 0 Å². The molecule has 0 aliphatic heterocycles. The number of aromatic nitrogens is 6. The first-order chi connectivity index (χ1) is 8.75. The highest BCUT2D eigenvalue weighted by Gasteiger charge is 2.12. The highest BCUT2D eigenvalue weighted by atomic mass is 35.5. The Morgan fingerprint density at radius 3 is 2.78 bits per heavy atom. The lowest BCUT2D eigenvalue weighted by molar-refractivity contribution is 0.767. The number of hydrogen-bond donors (Lipinski definition) is 0. The van der Waals surface area contributed by atoms with Gasteiger partial charge in [0.25, 0.3) is 0 Å². The van der Waals surface area contributed by atoms with Crippen LogP contribution in [0.3, 0.4) is 0 Å². The second-order valence-corrected chi connectivity index (χ2v) is 4.06. The number of rotatable bonds is 2. The van der Waals surface area contributed by atoms with Gasteiger partial charge in [-0.3, -0.25) is 9.67 Å². The maximum absolute atomic E-state index is 6.15. The van der Waals surface area contributed by atoms with Crippen molar-refractivity contribution >= 4 is 11.6 Å².